The standard InChI is InChI=1S/C20H23N3OS/c1-15(19-21-22-20(24-19)18-8-5-13-25-18)23-11-9-17(10-12-23)14-16-6-3-2-4-7-16/h2-8,13,15,17H,9-12,14H2,1H3/p+1/t15-/m0/s1. The van der Waals surface area contributed by atoms with Gasteiger partial charge in [-0.05, 0) is 49.1 Å². The number of hydrogen-bond donors (Lipinski definition) is 1. The Kier molecular flexibility index (Phi) is 4.95. The van der Waals surface area contributed by atoms with Gasteiger partial charge in [0.15, 0.2) is 6.04 Å². The van der Waals surface area contributed by atoms with Gasteiger partial charge in [-0.1, -0.05) is 36.4 Å². The van der Waals surface area contributed by atoms with Crippen molar-refractivity contribution in [3.8, 4) is 10.8 Å². The van der Waals surface area contributed by atoms with Crippen LogP contribution in [0.3, 0.4) is 0 Å². The van der Waals surface area contributed by atoms with Gasteiger partial charge in [-0.15, -0.1) is 21.5 Å². The van der Waals surface area contributed by atoms with Gasteiger partial charge in [0.25, 0.3) is 11.8 Å². The second-order valence-electron chi connectivity index (χ2n) is 6.94. The summed E-state index contributed by atoms with van der Waals surface area (Å²) in [5.74, 6) is 2.21. The number of piperidine rings is 1. The lowest BCUT2D eigenvalue weighted by Gasteiger charge is -2.31. The van der Waals surface area contributed by atoms with Gasteiger partial charge in [-0.25, -0.2) is 0 Å². The molecular weight excluding hydrogens is 330 g/mol. The SMILES string of the molecule is C[C@@H](c1nnc(-c2cccs2)o1)[NH+]1CCC(Cc2ccccc2)CC1. The molecule has 0 radical (unpaired) electrons. The van der Waals surface area contributed by atoms with Crippen molar-refractivity contribution in [1.82, 2.24) is 10.2 Å². The smallest absolute Gasteiger partial charge is 0.274 e. The molecular formula is C20H24N3OS+. The van der Waals surface area contributed by atoms with E-state index in [0.29, 0.717) is 5.89 Å². The maximum Gasteiger partial charge on any atom is 0.274 e. The van der Waals surface area contributed by atoms with Gasteiger partial charge >= 0.3 is 0 Å². The topological polar surface area (TPSA) is 43.4 Å². The summed E-state index contributed by atoms with van der Waals surface area (Å²) in [6.45, 7) is 4.56. The van der Waals surface area contributed by atoms with E-state index in [9.17, 15) is 0 Å². The zero-order valence-electron chi connectivity index (χ0n) is 14.5. The summed E-state index contributed by atoms with van der Waals surface area (Å²) in [5.41, 5.74) is 1.46. The lowest BCUT2D eigenvalue weighted by atomic mass is 9.89. The number of quaternary nitrogens is 1. The lowest BCUT2D eigenvalue weighted by molar-refractivity contribution is -0.936. The monoisotopic (exact) mass is 354 g/mol. The Morgan fingerprint density at radius 3 is 2.64 bits per heavy atom. The number of thiophene rings is 1. The summed E-state index contributed by atoms with van der Waals surface area (Å²) in [6.07, 6.45) is 3.73. The van der Waals surface area contributed by atoms with Gasteiger partial charge in [0.2, 0.25) is 0 Å². The lowest BCUT2D eigenvalue weighted by Crippen LogP contribution is -3.13. The fraction of sp³-hybridized carbons (Fsp3) is 0.400. The Morgan fingerprint density at radius 2 is 1.92 bits per heavy atom. The normalized spacial score (nSPS) is 22.0. The summed E-state index contributed by atoms with van der Waals surface area (Å²) >= 11 is 1.63. The van der Waals surface area contributed by atoms with E-state index in [1.807, 2.05) is 17.5 Å². The predicted octanol–water partition coefficient (Wildman–Crippen LogP) is 3.40. The van der Waals surface area contributed by atoms with Gasteiger partial charge in [0.1, 0.15) is 0 Å². The molecule has 0 amide bonds. The van der Waals surface area contributed by atoms with Crippen LogP contribution in [0.15, 0.2) is 52.3 Å². The molecule has 0 bridgehead atoms. The molecule has 1 fully saturated rings. The van der Waals surface area contributed by atoms with Crippen molar-refractivity contribution in [3.63, 3.8) is 0 Å². The first kappa shape index (κ1) is 16.5. The van der Waals surface area contributed by atoms with Crippen LogP contribution in [-0.4, -0.2) is 23.3 Å². The van der Waals surface area contributed by atoms with Gasteiger partial charge in [0.05, 0.1) is 18.0 Å². The minimum atomic E-state index is 0.263. The first-order valence-electron chi connectivity index (χ1n) is 9.05. The number of nitrogens with one attached hydrogen (secondary N) is 1. The number of likely N-dealkylation sites (tertiary alicyclic amines) is 1. The summed E-state index contributed by atoms with van der Waals surface area (Å²) < 4.78 is 5.93. The number of aromatic nitrogens is 2. The molecule has 1 N–H and O–H groups in total. The molecule has 1 atom stereocenters. The second-order valence-corrected chi connectivity index (χ2v) is 7.88. The summed E-state index contributed by atoms with van der Waals surface area (Å²) in [6, 6.07) is 15.1. The van der Waals surface area contributed by atoms with Crippen LogP contribution in [0.1, 0.15) is 37.3 Å². The van der Waals surface area contributed by atoms with Crippen molar-refractivity contribution in [2.24, 2.45) is 5.92 Å². The van der Waals surface area contributed by atoms with E-state index in [2.05, 4.69) is 47.5 Å². The number of nitrogens with zero attached hydrogens (tertiary/aromatic N) is 2. The van der Waals surface area contributed by atoms with Crippen molar-refractivity contribution in [3.05, 3.63) is 59.3 Å². The Labute approximate surface area is 152 Å². The van der Waals surface area contributed by atoms with Gasteiger partial charge in [-0.3, -0.25) is 0 Å². The molecule has 1 saturated heterocycles. The van der Waals surface area contributed by atoms with Crippen LogP contribution < -0.4 is 4.90 Å². The third-order valence-electron chi connectivity index (χ3n) is 5.27. The molecule has 25 heavy (non-hydrogen) atoms. The van der Waals surface area contributed by atoms with Crippen molar-refractivity contribution in [1.29, 1.82) is 0 Å². The van der Waals surface area contributed by atoms with Gasteiger partial charge in [0, 0.05) is 0 Å². The van der Waals surface area contributed by atoms with Crippen molar-refractivity contribution < 1.29 is 9.32 Å². The Morgan fingerprint density at radius 1 is 1.12 bits per heavy atom. The maximum atomic E-state index is 5.93. The van der Waals surface area contributed by atoms with E-state index < -0.39 is 0 Å². The molecule has 1 aliphatic rings. The van der Waals surface area contributed by atoms with Gasteiger partial charge in [-0.2, -0.15) is 0 Å². The van der Waals surface area contributed by atoms with Crippen LogP contribution in [0.25, 0.3) is 10.8 Å². The highest BCUT2D eigenvalue weighted by molar-refractivity contribution is 7.13. The summed E-state index contributed by atoms with van der Waals surface area (Å²) in [5, 5.41) is 10.6. The molecule has 0 unspecified atom stereocenters. The highest BCUT2D eigenvalue weighted by Gasteiger charge is 2.30. The predicted molar refractivity (Wildman–Crippen MR) is 99.6 cm³/mol. The summed E-state index contributed by atoms with van der Waals surface area (Å²) in [7, 11) is 0. The Bertz CT molecular complexity index is 776. The van der Waals surface area contributed by atoms with Crippen molar-refractivity contribution in [2.45, 2.75) is 32.2 Å². The third-order valence-corrected chi connectivity index (χ3v) is 6.13. The zero-order chi connectivity index (χ0) is 17.1. The molecule has 1 aliphatic heterocycles. The van der Waals surface area contributed by atoms with Crippen molar-refractivity contribution >= 4 is 11.3 Å². The number of benzene rings is 1. The molecule has 0 saturated carbocycles. The van der Waals surface area contributed by atoms with Crippen LogP contribution in [0.2, 0.25) is 0 Å². The molecule has 3 aromatic rings. The zero-order valence-corrected chi connectivity index (χ0v) is 15.3. The average molecular weight is 354 g/mol. The minimum Gasteiger partial charge on any atom is -0.414 e. The van der Waals surface area contributed by atoms with Crippen LogP contribution >= 0.6 is 11.3 Å². The first-order valence-corrected chi connectivity index (χ1v) is 9.93. The summed E-state index contributed by atoms with van der Waals surface area (Å²) in [4.78, 5) is 2.60. The first-order chi connectivity index (χ1) is 12.3. The fourth-order valence-corrected chi connectivity index (χ4v) is 4.36. The van der Waals surface area contributed by atoms with E-state index in [-0.39, 0.29) is 6.04 Å². The quantitative estimate of drug-likeness (QED) is 0.764. The third kappa shape index (κ3) is 3.83. The molecule has 0 aliphatic carbocycles. The molecule has 4 nitrogen and oxygen atoms in total. The average Bonchev–Trinajstić information content (AvgIpc) is 3.34. The molecule has 3 heterocycles. The minimum absolute atomic E-state index is 0.263. The van der Waals surface area contributed by atoms with E-state index in [1.165, 1.54) is 37.9 Å². The van der Waals surface area contributed by atoms with Crippen LogP contribution in [0, 0.1) is 5.92 Å². The second kappa shape index (κ2) is 7.50. The molecule has 1 aromatic carbocycles. The fourth-order valence-electron chi connectivity index (χ4n) is 3.72. The molecule has 4 rings (SSSR count). The van der Waals surface area contributed by atoms with E-state index in [4.69, 9.17) is 4.42 Å². The Balaban J connectivity index is 1.34. The van der Waals surface area contributed by atoms with Crippen LogP contribution in [-0.2, 0) is 6.42 Å². The number of hydrogen-bond acceptors (Lipinski definition) is 4. The largest absolute Gasteiger partial charge is 0.414 e. The molecule has 5 heteroatoms. The van der Waals surface area contributed by atoms with E-state index in [1.54, 1.807) is 16.2 Å². The molecule has 130 valence electrons. The van der Waals surface area contributed by atoms with Gasteiger partial charge < -0.3 is 9.32 Å². The van der Waals surface area contributed by atoms with Crippen LogP contribution in [0.5, 0.6) is 0 Å². The van der Waals surface area contributed by atoms with Crippen molar-refractivity contribution in [2.75, 3.05) is 13.1 Å². The molecule has 2 aromatic heterocycles. The van der Waals surface area contributed by atoms with Crippen LogP contribution in [0.4, 0.5) is 0 Å². The highest BCUT2D eigenvalue weighted by atomic mass is 32.1. The van der Waals surface area contributed by atoms with E-state index in [0.717, 1.165) is 16.7 Å². The number of rotatable bonds is 5. The Hall–Kier alpha value is -1.98. The van der Waals surface area contributed by atoms with E-state index >= 15 is 0 Å². The maximum absolute atomic E-state index is 5.93. The highest BCUT2D eigenvalue weighted by Crippen LogP contribution is 2.24. The molecule has 0 spiro atoms.